The van der Waals surface area contributed by atoms with Gasteiger partial charge in [-0.3, -0.25) is 10.1 Å². The van der Waals surface area contributed by atoms with Crippen LogP contribution in [0.1, 0.15) is 0 Å². The van der Waals surface area contributed by atoms with E-state index in [0.29, 0.717) is 22.3 Å². The molecule has 0 spiro atoms. The van der Waals surface area contributed by atoms with E-state index in [9.17, 15) is 10.1 Å². The van der Waals surface area contributed by atoms with Crippen molar-refractivity contribution >= 4 is 38.4 Å². The molecule has 21 heavy (non-hydrogen) atoms. The van der Waals surface area contributed by atoms with Gasteiger partial charge in [0.2, 0.25) is 0 Å². The number of benzene rings is 2. The molecule has 4 aromatic rings. The molecule has 0 bridgehead atoms. The Morgan fingerprint density at radius 3 is 2.90 bits per heavy atom. The third-order valence-electron chi connectivity index (χ3n) is 3.65. The third kappa shape index (κ3) is 1.51. The number of hydrogen-bond donors (Lipinski definition) is 2. The summed E-state index contributed by atoms with van der Waals surface area (Å²) in [6.07, 6.45) is 1.78. The Balaban J connectivity index is 2.29. The van der Waals surface area contributed by atoms with E-state index in [1.165, 1.54) is 6.07 Å². The number of fused-ring (bicyclic) bond motifs is 5. The number of methoxy groups -OCH3 is 1. The van der Waals surface area contributed by atoms with Crippen molar-refractivity contribution in [1.29, 1.82) is 0 Å². The molecule has 0 aliphatic carbocycles. The fraction of sp³-hybridized carbons (Fsp3) is 0.0714. The smallest absolute Gasteiger partial charge is 0.297 e. The molecule has 0 unspecified atom stereocenters. The molecule has 104 valence electrons. The lowest BCUT2D eigenvalue weighted by molar-refractivity contribution is -0.383. The van der Waals surface area contributed by atoms with E-state index in [1.54, 1.807) is 25.4 Å². The van der Waals surface area contributed by atoms with Crippen LogP contribution in [0.4, 0.5) is 5.69 Å². The molecule has 0 amide bonds. The van der Waals surface area contributed by atoms with Crippen LogP contribution in [0.5, 0.6) is 5.75 Å². The molecular formula is C14H10N4O3. The number of ether oxygens (including phenoxy) is 1. The van der Waals surface area contributed by atoms with Gasteiger partial charge in [0.25, 0.3) is 5.69 Å². The molecule has 0 saturated carbocycles. The highest BCUT2D eigenvalue weighted by Gasteiger charge is 2.21. The van der Waals surface area contributed by atoms with Crippen LogP contribution >= 0.6 is 0 Å². The molecular weight excluding hydrogens is 272 g/mol. The predicted octanol–water partition coefficient (Wildman–Crippen LogP) is 3.11. The Bertz CT molecular complexity index is 1020. The highest BCUT2D eigenvalue weighted by molar-refractivity contribution is 6.22. The normalized spacial score (nSPS) is 11.5. The number of nitrogens with zero attached hydrogens (tertiary/aromatic N) is 2. The lowest BCUT2D eigenvalue weighted by Gasteiger charge is -1.99. The van der Waals surface area contributed by atoms with Gasteiger partial charge in [-0.25, -0.2) is 4.98 Å². The molecule has 2 aromatic carbocycles. The van der Waals surface area contributed by atoms with E-state index in [1.807, 2.05) is 6.07 Å². The second kappa shape index (κ2) is 3.95. The molecule has 0 aliphatic heterocycles. The van der Waals surface area contributed by atoms with Gasteiger partial charge in [0, 0.05) is 28.4 Å². The van der Waals surface area contributed by atoms with Crippen LogP contribution in [0.25, 0.3) is 32.7 Å². The molecule has 0 radical (unpaired) electrons. The van der Waals surface area contributed by atoms with E-state index >= 15 is 0 Å². The van der Waals surface area contributed by atoms with Gasteiger partial charge < -0.3 is 14.9 Å². The molecule has 2 N–H and O–H groups in total. The van der Waals surface area contributed by atoms with Gasteiger partial charge in [-0.05, 0) is 18.2 Å². The Morgan fingerprint density at radius 2 is 2.14 bits per heavy atom. The maximum atomic E-state index is 11.3. The lowest BCUT2D eigenvalue weighted by Crippen LogP contribution is -1.89. The summed E-state index contributed by atoms with van der Waals surface area (Å²) in [5, 5.41) is 19.5. The van der Waals surface area contributed by atoms with Crippen molar-refractivity contribution in [2.75, 3.05) is 7.11 Å². The van der Waals surface area contributed by atoms with Gasteiger partial charge in [-0.2, -0.15) is 0 Å². The van der Waals surface area contributed by atoms with Crippen molar-refractivity contribution in [3.05, 3.63) is 40.6 Å². The summed E-state index contributed by atoms with van der Waals surface area (Å²) < 4.78 is 5.23. The van der Waals surface area contributed by atoms with E-state index in [-0.39, 0.29) is 5.69 Å². The van der Waals surface area contributed by atoms with Crippen LogP contribution in [0.2, 0.25) is 0 Å². The van der Waals surface area contributed by atoms with Crippen LogP contribution in [0, 0.1) is 10.1 Å². The second-order valence-electron chi connectivity index (χ2n) is 4.75. The molecule has 7 heteroatoms. The number of aromatic nitrogens is 3. The minimum absolute atomic E-state index is 0.0106. The van der Waals surface area contributed by atoms with Gasteiger partial charge in [0.15, 0.2) is 0 Å². The van der Waals surface area contributed by atoms with E-state index in [4.69, 9.17) is 4.74 Å². The van der Waals surface area contributed by atoms with Crippen LogP contribution in [-0.2, 0) is 0 Å². The van der Waals surface area contributed by atoms with Crippen LogP contribution in [-0.4, -0.2) is 27.2 Å². The van der Waals surface area contributed by atoms with Gasteiger partial charge in [0.05, 0.1) is 23.1 Å². The first kappa shape index (κ1) is 11.7. The van der Waals surface area contributed by atoms with E-state index in [0.717, 1.165) is 16.2 Å². The van der Waals surface area contributed by atoms with Crippen LogP contribution in [0.15, 0.2) is 30.5 Å². The number of rotatable bonds is 2. The number of nitro groups is 1. The van der Waals surface area contributed by atoms with Gasteiger partial charge >= 0.3 is 0 Å². The summed E-state index contributed by atoms with van der Waals surface area (Å²) in [6.45, 7) is 0. The summed E-state index contributed by atoms with van der Waals surface area (Å²) in [5.74, 6) is 0.691. The first-order chi connectivity index (χ1) is 10.2. The largest absolute Gasteiger partial charge is 0.497 e. The number of hydrogen-bond acceptors (Lipinski definition) is 4. The zero-order chi connectivity index (χ0) is 14.6. The summed E-state index contributed by atoms with van der Waals surface area (Å²) in [7, 11) is 1.59. The van der Waals surface area contributed by atoms with Crippen molar-refractivity contribution < 1.29 is 9.66 Å². The molecule has 0 saturated heterocycles. The number of aromatic amines is 2. The minimum Gasteiger partial charge on any atom is -0.497 e. The summed E-state index contributed by atoms with van der Waals surface area (Å²) >= 11 is 0. The van der Waals surface area contributed by atoms with Crippen molar-refractivity contribution in [3.8, 4) is 5.75 Å². The van der Waals surface area contributed by atoms with Gasteiger partial charge in [0.1, 0.15) is 11.3 Å². The monoisotopic (exact) mass is 282 g/mol. The fourth-order valence-corrected chi connectivity index (χ4v) is 2.70. The Hall–Kier alpha value is -3.09. The number of nitro benzene ring substituents is 1. The topological polar surface area (TPSA) is 96.8 Å². The molecule has 0 aliphatic rings. The standard InChI is InChI=1S/C14H10N4O3/c1-21-7-2-3-10-8(4-7)13-9-6-15-17-11(9)5-12(18(19)20)14(13)16-10/h2-6,15,17H,1H3. The molecule has 4 rings (SSSR count). The molecule has 2 aromatic heterocycles. The number of H-pyrrole nitrogens is 2. The van der Waals surface area contributed by atoms with E-state index < -0.39 is 4.92 Å². The zero-order valence-corrected chi connectivity index (χ0v) is 11.0. The van der Waals surface area contributed by atoms with Crippen molar-refractivity contribution in [2.24, 2.45) is 0 Å². The van der Waals surface area contributed by atoms with Crippen LogP contribution < -0.4 is 4.74 Å². The summed E-state index contributed by atoms with van der Waals surface area (Å²) in [6, 6.07) is 6.94. The Kier molecular flexibility index (Phi) is 2.20. The molecule has 0 fully saturated rings. The predicted molar refractivity (Wildman–Crippen MR) is 78.7 cm³/mol. The van der Waals surface area contributed by atoms with Gasteiger partial charge in [-0.1, -0.05) is 0 Å². The fourth-order valence-electron chi connectivity index (χ4n) is 2.70. The number of nitrogens with one attached hydrogen (secondary N) is 2. The lowest BCUT2D eigenvalue weighted by atomic mass is 10.1. The average Bonchev–Trinajstić information content (AvgIpc) is 3.08. The van der Waals surface area contributed by atoms with Crippen molar-refractivity contribution in [3.63, 3.8) is 0 Å². The highest BCUT2D eigenvalue weighted by atomic mass is 16.6. The quantitative estimate of drug-likeness (QED) is 0.436. The zero-order valence-electron chi connectivity index (χ0n) is 11.0. The Morgan fingerprint density at radius 1 is 1.29 bits per heavy atom. The number of non-ortho nitro benzene ring substituents is 1. The van der Waals surface area contributed by atoms with Crippen molar-refractivity contribution in [1.82, 2.24) is 15.2 Å². The van der Waals surface area contributed by atoms with Gasteiger partial charge in [-0.15, -0.1) is 0 Å². The summed E-state index contributed by atoms with van der Waals surface area (Å²) in [5.41, 5.74) is 1.76. The third-order valence-corrected chi connectivity index (χ3v) is 3.65. The molecule has 7 nitrogen and oxygen atoms in total. The Labute approximate surface area is 117 Å². The van der Waals surface area contributed by atoms with E-state index in [2.05, 4.69) is 15.2 Å². The van der Waals surface area contributed by atoms with Crippen LogP contribution in [0.3, 0.4) is 0 Å². The molecule has 2 heterocycles. The first-order valence-electron chi connectivity index (χ1n) is 6.29. The van der Waals surface area contributed by atoms with Crippen molar-refractivity contribution in [2.45, 2.75) is 0 Å². The average molecular weight is 282 g/mol. The maximum absolute atomic E-state index is 11.3. The minimum atomic E-state index is -0.411. The highest BCUT2D eigenvalue weighted by Crippen LogP contribution is 2.38. The first-order valence-corrected chi connectivity index (χ1v) is 6.29. The second-order valence-corrected chi connectivity index (χ2v) is 4.75. The summed E-state index contributed by atoms with van der Waals surface area (Å²) in [4.78, 5) is 15.3. The molecule has 0 atom stereocenters. The maximum Gasteiger partial charge on any atom is 0.297 e. The SMILES string of the molecule is COc1ccc2nc3c([N+](=O)[O-])cc4[nH][nH]cc4c3c2c1.